The van der Waals surface area contributed by atoms with Crippen molar-refractivity contribution in [2.45, 2.75) is 24.4 Å². The number of benzene rings is 1. The molecule has 1 atom stereocenters. The largest absolute Gasteiger partial charge is 0.399 e. The second kappa shape index (κ2) is 3.80. The average Bonchev–Trinajstić information content (AvgIpc) is 3.06. The van der Waals surface area contributed by atoms with Crippen molar-refractivity contribution in [3.63, 3.8) is 0 Å². The lowest BCUT2D eigenvalue weighted by Crippen LogP contribution is -2.18. The van der Waals surface area contributed by atoms with Gasteiger partial charge in [0.1, 0.15) is 6.33 Å². The molecule has 1 aromatic carbocycles. The third-order valence-electron chi connectivity index (χ3n) is 3.71. The van der Waals surface area contributed by atoms with Crippen LogP contribution in [0.3, 0.4) is 0 Å². The van der Waals surface area contributed by atoms with Gasteiger partial charge in [-0.1, -0.05) is 12.1 Å². The molecule has 0 amide bonds. The summed E-state index contributed by atoms with van der Waals surface area (Å²) in [6.45, 7) is 0. The van der Waals surface area contributed by atoms with E-state index in [9.17, 15) is 4.39 Å². The molecule has 2 N–H and O–H groups in total. The third kappa shape index (κ3) is 1.58. The Hall–Kier alpha value is -1.91. The Morgan fingerprint density at radius 1 is 1.44 bits per heavy atom. The fourth-order valence-electron chi connectivity index (χ4n) is 2.44. The van der Waals surface area contributed by atoms with Crippen molar-refractivity contribution in [2.75, 3.05) is 5.73 Å². The first kappa shape index (κ1) is 11.2. The van der Waals surface area contributed by atoms with E-state index in [1.807, 2.05) is 24.3 Å². The van der Waals surface area contributed by atoms with Gasteiger partial charge in [-0.25, -0.2) is 4.39 Å². The highest BCUT2D eigenvalue weighted by Gasteiger charge is 2.53. The van der Waals surface area contributed by atoms with Gasteiger partial charge in [0.15, 0.2) is 12.0 Å². The Kier molecular flexibility index (Phi) is 2.36. The number of aromatic nitrogens is 3. The van der Waals surface area contributed by atoms with E-state index in [1.54, 1.807) is 11.6 Å². The first-order chi connectivity index (χ1) is 8.63. The normalized spacial score (nSPS) is 18.6. The number of hydrogen-bond acceptors (Lipinski definition) is 3. The Labute approximate surface area is 105 Å². The number of aryl methyl sites for hydroxylation is 1. The fraction of sp³-hybridized carbons (Fsp3) is 0.385. The van der Waals surface area contributed by atoms with Gasteiger partial charge < -0.3 is 10.3 Å². The van der Waals surface area contributed by atoms with E-state index in [0.29, 0.717) is 11.5 Å². The minimum absolute atomic E-state index is 0.384. The second-order valence-corrected chi connectivity index (χ2v) is 4.94. The van der Waals surface area contributed by atoms with Crippen LogP contribution in [0.5, 0.6) is 0 Å². The van der Waals surface area contributed by atoms with Gasteiger partial charge in [0.2, 0.25) is 0 Å². The minimum Gasteiger partial charge on any atom is -0.399 e. The Balaban J connectivity index is 1.99. The molecule has 0 radical (unpaired) electrons. The highest BCUT2D eigenvalue weighted by Crippen LogP contribution is 2.57. The van der Waals surface area contributed by atoms with Crippen LogP contribution in [0.1, 0.15) is 30.4 Å². The van der Waals surface area contributed by atoms with Crippen LogP contribution in [-0.4, -0.2) is 14.8 Å². The van der Waals surface area contributed by atoms with Crippen LogP contribution in [-0.2, 0) is 12.5 Å². The molecule has 4 nitrogen and oxygen atoms in total. The third-order valence-corrected chi connectivity index (χ3v) is 3.71. The van der Waals surface area contributed by atoms with Gasteiger partial charge in [0.25, 0.3) is 0 Å². The molecule has 1 fully saturated rings. The average molecular weight is 246 g/mol. The van der Waals surface area contributed by atoms with Gasteiger partial charge in [0, 0.05) is 18.2 Å². The molecule has 94 valence electrons. The monoisotopic (exact) mass is 246 g/mol. The molecule has 1 aliphatic carbocycles. The molecule has 5 heteroatoms. The highest BCUT2D eigenvalue weighted by atomic mass is 19.1. The summed E-state index contributed by atoms with van der Waals surface area (Å²) in [5.74, 6) is 0.384. The number of nitrogen functional groups attached to an aromatic ring is 1. The molecule has 2 aromatic rings. The molecule has 0 bridgehead atoms. The molecule has 1 heterocycles. The van der Waals surface area contributed by atoms with Crippen LogP contribution in [0.2, 0.25) is 0 Å². The zero-order valence-corrected chi connectivity index (χ0v) is 10.2. The molecule has 0 unspecified atom stereocenters. The molecule has 1 saturated carbocycles. The molecule has 0 aliphatic heterocycles. The molecule has 0 saturated heterocycles. The maximum atomic E-state index is 14.7. The number of rotatable bonds is 3. The molecule has 0 spiro atoms. The van der Waals surface area contributed by atoms with Crippen molar-refractivity contribution in [1.82, 2.24) is 14.8 Å². The predicted octanol–water partition coefficient (Wildman–Crippen LogP) is 2.14. The molecule has 18 heavy (non-hydrogen) atoms. The van der Waals surface area contributed by atoms with E-state index in [1.165, 1.54) is 6.33 Å². The van der Waals surface area contributed by atoms with E-state index < -0.39 is 11.6 Å². The van der Waals surface area contributed by atoms with Crippen LogP contribution in [0, 0.1) is 0 Å². The van der Waals surface area contributed by atoms with Crippen LogP contribution in [0.4, 0.5) is 10.1 Å². The van der Waals surface area contributed by atoms with E-state index in [4.69, 9.17) is 5.73 Å². The smallest absolute Gasteiger partial charge is 0.169 e. The number of nitrogens with zero attached hydrogens (tertiary/aromatic N) is 3. The lowest BCUT2D eigenvalue weighted by atomic mass is 9.90. The van der Waals surface area contributed by atoms with Gasteiger partial charge in [0.05, 0.1) is 0 Å². The molecular weight excluding hydrogens is 231 g/mol. The number of alkyl halides is 1. The summed E-state index contributed by atoms with van der Waals surface area (Å²) in [6, 6.07) is 7.48. The first-order valence-corrected chi connectivity index (χ1v) is 5.97. The molecule has 1 aliphatic rings. The van der Waals surface area contributed by atoms with Crippen LogP contribution < -0.4 is 5.73 Å². The number of hydrogen-bond donors (Lipinski definition) is 1. The van der Waals surface area contributed by atoms with Gasteiger partial charge in [-0.3, -0.25) is 0 Å². The van der Waals surface area contributed by atoms with Crippen molar-refractivity contribution in [1.29, 1.82) is 0 Å². The molecule has 1 aromatic heterocycles. The van der Waals surface area contributed by atoms with Crippen LogP contribution >= 0.6 is 0 Å². The fourth-order valence-corrected chi connectivity index (χ4v) is 2.44. The Bertz CT molecular complexity index is 574. The van der Waals surface area contributed by atoms with Crippen molar-refractivity contribution < 1.29 is 4.39 Å². The zero-order valence-electron chi connectivity index (χ0n) is 10.2. The minimum atomic E-state index is -1.13. The van der Waals surface area contributed by atoms with E-state index >= 15 is 0 Å². The first-order valence-electron chi connectivity index (χ1n) is 5.97. The van der Waals surface area contributed by atoms with Crippen molar-refractivity contribution in [2.24, 2.45) is 7.05 Å². The van der Waals surface area contributed by atoms with Gasteiger partial charge in [-0.15, -0.1) is 10.2 Å². The van der Waals surface area contributed by atoms with E-state index in [2.05, 4.69) is 10.2 Å². The Morgan fingerprint density at radius 2 is 2.22 bits per heavy atom. The maximum absolute atomic E-state index is 14.7. The zero-order chi connectivity index (χ0) is 12.8. The van der Waals surface area contributed by atoms with E-state index in [-0.39, 0.29) is 0 Å². The number of anilines is 1. The maximum Gasteiger partial charge on any atom is 0.169 e. The van der Waals surface area contributed by atoms with Crippen molar-refractivity contribution >= 4 is 5.69 Å². The van der Waals surface area contributed by atoms with E-state index in [0.717, 1.165) is 18.4 Å². The van der Waals surface area contributed by atoms with Crippen molar-refractivity contribution in [3.05, 3.63) is 42.0 Å². The standard InChI is InChI=1S/C13H15FN4/c1-18-8-16-17-12(18)11(14)13(5-6-13)9-3-2-4-10(15)7-9/h2-4,7-8,11H,5-6,15H2,1H3/t11-/m1/s1. The second-order valence-electron chi connectivity index (χ2n) is 4.94. The number of halogens is 1. The van der Waals surface area contributed by atoms with Crippen molar-refractivity contribution in [3.8, 4) is 0 Å². The summed E-state index contributed by atoms with van der Waals surface area (Å²) in [5.41, 5.74) is 6.94. The predicted molar refractivity (Wildman–Crippen MR) is 66.6 cm³/mol. The molecular formula is C13H15FN4. The topological polar surface area (TPSA) is 56.7 Å². The highest BCUT2D eigenvalue weighted by molar-refractivity contribution is 5.46. The van der Waals surface area contributed by atoms with Gasteiger partial charge in [-0.05, 0) is 30.5 Å². The molecule has 3 rings (SSSR count). The Morgan fingerprint density at radius 3 is 2.78 bits per heavy atom. The summed E-state index contributed by atoms with van der Waals surface area (Å²) in [7, 11) is 1.76. The van der Waals surface area contributed by atoms with Gasteiger partial charge >= 0.3 is 0 Å². The lowest BCUT2D eigenvalue weighted by molar-refractivity contribution is 0.252. The van der Waals surface area contributed by atoms with Crippen LogP contribution in [0.15, 0.2) is 30.6 Å². The van der Waals surface area contributed by atoms with Crippen LogP contribution in [0.25, 0.3) is 0 Å². The summed E-state index contributed by atoms with van der Waals surface area (Å²) in [4.78, 5) is 0. The van der Waals surface area contributed by atoms with Gasteiger partial charge in [-0.2, -0.15) is 0 Å². The summed E-state index contributed by atoms with van der Waals surface area (Å²) in [6.07, 6.45) is 2.04. The number of nitrogens with two attached hydrogens (primary N) is 1. The summed E-state index contributed by atoms with van der Waals surface area (Å²) >= 11 is 0. The summed E-state index contributed by atoms with van der Waals surface area (Å²) in [5, 5.41) is 7.62. The quantitative estimate of drug-likeness (QED) is 0.844. The lowest BCUT2D eigenvalue weighted by Gasteiger charge is -2.20. The SMILES string of the molecule is Cn1cnnc1[C@@H](F)C1(c2cccc(N)c2)CC1. The summed E-state index contributed by atoms with van der Waals surface area (Å²) < 4.78 is 16.4.